The minimum absolute atomic E-state index is 0.197. The Hall–Kier alpha value is -2.03. The molecule has 1 N–H and O–H groups in total. The van der Waals surface area contributed by atoms with Gasteiger partial charge in [-0.2, -0.15) is 0 Å². The van der Waals surface area contributed by atoms with E-state index in [0.717, 1.165) is 18.5 Å². The fraction of sp³-hybridized carbons (Fsp3) is 0.353. The van der Waals surface area contributed by atoms with Crippen molar-refractivity contribution in [3.8, 4) is 0 Å². The second kappa shape index (κ2) is 6.42. The standard InChI is InChI=1S/C17H21NO2/c1-13-12-16(8-9-17(19)20)14(2)18(13)11-10-15-6-4-3-5-7-15/h3-7,12H,8-11H2,1-2H3,(H,19,20). The zero-order chi connectivity index (χ0) is 14.5. The Bertz CT molecular complexity index is 585. The molecule has 106 valence electrons. The minimum Gasteiger partial charge on any atom is -0.481 e. The van der Waals surface area contributed by atoms with Gasteiger partial charge in [0.2, 0.25) is 0 Å². The van der Waals surface area contributed by atoms with Gasteiger partial charge >= 0.3 is 5.97 Å². The maximum absolute atomic E-state index is 10.7. The van der Waals surface area contributed by atoms with Crippen molar-refractivity contribution < 1.29 is 9.90 Å². The number of aryl methyl sites for hydroxylation is 3. The van der Waals surface area contributed by atoms with E-state index in [1.54, 1.807) is 0 Å². The topological polar surface area (TPSA) is 42.2 Å². The number of hydrogen-bond acceptors (Lipinski definition) is 1. The Kier molecular flexibility index (Phi) is 4.61. The molecule has 2 aromatic rings. The number of aliphatic carboxylic acids is 1. The molecule has 0 atom stereocenters. The summed E-state index contributed by atoms with van der Waals surface area (Å²) in [5.74, 6) is -0.737. The van der Waals surface area contributed by atoms with Gasteiger partial charge in [-0.15, -0.1) is 0 Å². The van der Waals surface area contributed by atoms with E-state index in [1.807, 2.05) is 6.07 Å². The number of rotatable bonds is 6. The Morgan fingerprint density at radius 1 is 1.15 bits per heavy atom. The average Bonchev–Trinajstić information content (AvgIpc) is 2.70. The van der Waals surface area contributed by atoms with Gasteiger partial charge in [-0.1, -0.05) is 30.3 Å². The van der Waals surface area contributed by atoms with Crippen LogP contribution in [-0.4, -0.2) is 15.6 Å². The number of carbonyl (C=O) groups is 1. The van der Waals surface area contributed by atoms with Crippen molar-refractivity contribution in [1.82, 2.24) is 4.57 Å². The van der Waals surface area contributed by atoms with Gasteiger partial charge in [-0.05, 0) is 43.9 Å². The first-order chi connectivity index (χ1) is 9.58. The number of carboxylic acid groups (broad SMARTS) is 1. The summed E-state index contributed by atoms with van der Waals surface area (Å²) in [5.41, 5.74) is 4.88. The molecule has 0 aliphatic rings. The predicted octanol–water partition coefficient (Wildman–Crippen LogP) is 3.36. The van der Waals surface area contributed by atoms with Crippen molar-refractivity contribution in [2.75, 3.05) is 0 Å². The molecule has 0 saturated heterocycles. The molecule has 1 aromatic heterocycles. The highest BCUT2D eigenvalue weighted by Gasteiger charge is 2.10. The van der Waals surface area contributed by atoms with Crippen molar-refractivity contribution in [1.29, 1.82) is 0 Å². The van der Waals surface area contributed by atoms with Crippen LogP contribution in [0.15, 0.2) is 36.4 Å². The van der Waals surface area contributed by atoms with Gasteiger partial charge in [-0.25, -0.2) is 0 Å². The van der Waals surface area contributed by atoms with E-state index < -0.39 is 5.97 Å². The summed E-state index contributed by atoms with van der Waals surface area (Å²) < 4.78 is 2.28. The van der Waals surface area contributed by atoms with Crippen molar-refractivity contribution in [3.63, 3.8) is 0 Å². The molecule has 0 aliphatic carbocycles. The third-order valence-corrected chi connectivity index (χ3v) is 3.75. The van der Waals surface area contributed by atoms with Crippen LogP contribution in [0.4, 0.5) is 0 Å². The third kappa shape index (κ3) is 3.50. The summed E-state index contributed by atoms with van der Waals surface area (Å²) >= 11 is 0. The highest BCUT2D eigenvalue weighted by molar-refractivity contribution is 5.67. The summed E-state index contributed by atoms with van der Waals surface area (Å²) in [6, 6.07) is 12.5. The fourth-order valence-electron chi connectivity index (χ4n) is 2.60. The highest BCUT2D eigenvalue weighted by Crippen LogP contribution is 2.17. The van der Waals surface area contributed by atoms with E-state index in [9.17, 15) is 4.79 Å². The first kappa shape index (κ1) is 14.4. The molecular formula is C17H21NO2. The number of benzene rings is 1. The van der Waals surface area contributed by atoms with Crippen molar-refractivity contribution >= 4 is 5.97 Å². The molecule has 1 aromatic carbocycles. The summed E-state index contributed by atoms with van der Waals surface area (Å²) in [6.07, 6.45) is 1.80. The molecule has 2 rings (SSSR count). The zero-order valence-electron chi connectivity index (χ0n) is 12.1. The summed E-state index contributed by atoms with van der Waals surface area (Å²) in [4.78, 5) is 10.7. The largest absolute Gasteiger partial charge is 0.481 e. The minimum atomic E-state index is -0.737. The van der Waals surface area contributed by atoms with Gasteiger partial charge in [0.1, 0.15) is 0 Å². The van der Waals surface area contributed by atoms with Gasteiger partial charge in [0, 0.05) is 24.4 Å². The second-order valence-corrected chi connectivity index (χ2v) is 5.18. The molecule has 0 amide bonds. The van der Waals surface area contributed by atoms with Crippen LogP contribution in [0, 0.1) is 13.8 Å². The first-order valence-electron chi connectivity index (χ1n) is 6.99. The average molecular weight is 271 g/mol. The van der Waals surface area contributed by atoms with Crippen molar-refractivity contribution in [2.45, 2.75) is 39.7 Å². The van der Waals surface area contributed by atoms with E-state index in [1.165, 1.54) is 17.0 Å². The molecule has 0 spiro atoms. The Morgan fingerprint density at radius 3 is 2.50 bits per heavy atom. The van der Waals surface area contributed by atoms with E-state index >= 15 is 0 Å². The quantitative estimate of drug-likeness (QED) is 0.875. The van der Waals surface area contributed by atoms with Crippen LogP contribution in [0.1, 0.15) is 28.9 Å². The van der Waals surface area contributed by atoms with Crippen LogP contribution >= 0.6 is 0 Å². The summed E-state index contributed by atoms with van der Waals surface area (Å²) in [7, 11) is 0. The van der Waals surface area contributed by atoms with Crippen molar-refractivity contribution in [2.24, 2.45) is 0 Å². The lowest BCUT2D eigenvalue weighted by molar-refractivity contribution is -0.136. The Labute approximate surface area is 119 Å². The fourth-order valence-corrected chi connectivity index (χ4v) is 2.60. The third-order valence-electron chi connectivity index (χ3n) is 3.75. The van der Waals surface area contributed by atoms with Crippen LogP contribution in [0.2, 0.25) is 0 Å². The second-order valence-electron chi connectivity index (χ2n) is 5.18. The lowest BCUT2D eigenvalue weighted by Crippen LogP contribution is -2.06. The van der Waals surface area contributed by atoms with Gasteiger partial charge in [0.25, 0.3) is 0 Å². The Balaban J connectivity index is 2.06. The lowest BCUT2D eigenvalue weighted by Gasteiger charge is -2.10. The normalized spacial score (nSPS) is 10.7. The zero-order valence-corrected chi connectivity index (χ0v) is 12.1. The molecule has 0 fully saturated rings. The molecule has 3 nitrogen and oxygen atoms in total. The van der Waals surface area contributed by atoms with Crippen LogP contribution in [0.3, 0.4) is 0 Å². The smallest absolute Gasteiger partial charge is 0.303 e. The van der Waals surface area contributed by atoms with Crippen molar-refractivity contribution in [3.05, 3.63) is 58.9 Å². The number of aromatic nitrogens is 1. The number of nitrogens with zero attached hydrogens (tertiary/aromatic N) is 1. The molecule has 0 saturated carbocycles. The molecule has 3 heteroatoms. The van der Waals surface area contributed by atoms with Gasteiger partial charge in [-0.3, -0.25) is 4.79 Å². The number of carboxylic acids is 1. The van der Waals surface area contributed by atoms with E-state index in [4.69, 9.17) is 5.11 Å². The number of hydrogen-bond donors (Lipinski definition) is 1. The highest BCUT2D eigenvalue weighted by atomic mass is 16.4. The maximum Gasteiger partial charge on any atom is 0.303 e. The maximum atomic E-state index is 10.7. The van der Waals surface area contributed by atoms with E-state index in [0.29, 0.717) is 6.42 Å². The van der Waals surface area contributed by atoms with Crippen LogP contribution in [0.25, 0.3) is 0 Å². The molecule has 0 bridgehead atoms. The molecular weight excluding hydrogens is 250 g/mol. The molecule has 0 radical (unpaired) electrons. The Morgan fingerprint density at radius 2 is 1.85 bits per heavy atom. The van der Waals surface area contributed by atoms with Crippen LogP contribution in [0.5, 0.6) is 0 Å². The molecule has 20 heavy (non-hydrogen) atoms. The molecule has 0 unspecified atom stereocenters. The van der Waals surface area contributed by atoms with Crippen LogP contribution < -0.4 is 0 Å². The first-order valence-corrected chi connectivity index (χ1v) is 6.99. The van der Waals surface area contributed by atoms with Gasteiger partial charge in [0.15, 0.2) is 0 Å². The van der Waals surface area contributed by atoms with E-state index in [2.05, 4.69) is 48.7 Å². The lowest BCUT2D eigenvalue weighted by atomic mass is 10.1. The SMILES string of the molecule is Cc1cc(CCC(=O)O)c(C)n1CCc1ccccc1. The summed E-state index contributed by atoms with van der Waals surface area (Å²) in [6.45, 7) is 5.10. The predicted molar refractivity (Wildman–Crippen MR) is 80.0 cm³/mol. The monoisotopic (exact) mass is 271 g/mol. The summed E-state index contributed by atoms with van der Waals surface area (Å²) in [5, 5.41) is 8.79. The molecule has 0 aliphatic heterocycles. The molecule has 1 heterocycles. The van der Waals surface area contributed by atoms with E-state index in [-0.39, 0.29) is 6.42 Å². The van der Waals surface area contributed by atoms with Crippen LogP contribution in [-0.2, 0) is 24.2 Å². The van der Waals surface area contributed by atoms with Gasteiger partial charge < -0.3 is 9.67 Å². The van der Waals surface area contributed by atoms with Gasteiger partial charge in [0.05, 0.1) is 0 Å².